The number of amides is 1. The first kappa shape index (κ1) is 16.2. The first-order chi connectivity index (χ1) is 11.6. The van der Waals surface area contributed by atoms with Gasteiger partial charge in [-0.1, -0.05) is 41.9 Å². The number of hydrogen-bond donors (Lipinski definition) is 2. The van der Waals surface area contributed by atoms with Gasteiger partial charge in [0.1, 0.15) is 0 Å². The molecule has 1 heterocycles. The Morgan fingerprint density at radius 1 is 1.21 bits per heavy atom. The number of carbonyl (C=O) groups excluding carboxylic acids is 1. The Morgan fingerprint density at radius 2 is 2.00 bits per heavy atom. The summed E-state index contributed by atoms with van der Waals surface area (Å²) < 4.78 is 1.64. The molecule has 2 N–H and O–H groups in total. The van der Waals surface area contributed by atoms with Crippen molar-refractivity contribution < 1.29 is 9.90 Å². The Balaban J connectivity index is 1.76. The van der Waals surface area contributed by atoms with Gasteiger partial charge < -0.3 is 10.4 Å². The molecule has 0 saturated heterocycles. The molecule has 0 aliphatic carbocycles. The van der Waals surface area contributed by atoms with Crippen LogP contribution in [0.1, 0.15) is 18.1 Å². The van der Waals surface area contributed by atoms with E-state index in [2.05, 4.69) is 10.4 Å². The number of rotatable bonds is 5. The third-order valence-corrected chi connectivity index (χ3v) is 3.78. The highest BCUT2D eigenvalue weighted by Crippen LogP contribution is 2.25. The van der Waals surface area contributed by atoms with Gasteiger partial charge in [0.2, 0.25) is 5.91 Å². The average molecular weight is 342 g/mol. The molecule has 6 heteroatoms. The van der Waals surface area contributed by atoms with Crippen LogP contribution in [0.3, 0.4) is 0 Å². The summed E-state index contributed by atoms with van der Waals surface area (Å²) in [6.45, 7) is 0. The Labute approximate surface area is 144 Å². The van der Waals surface area contributed by atoms with Crippen LogP contribution in [-0.2, 0) is 4.79 Å². The number of aliphatic hydroxyl groups is 1. The molecule has 122 valence electrons. The van der Waals surface area contributed by atoms with Crippen LogP contribution in [0.15, 0.2) is 67.0 Å². The van der Waals surface area contributed by atoms with E-state index in [0.29, 0.717) is 22.0 Å². The number of aliphatic hydroxyl groups excluding tert-OH is 1. The van der Waals surface area contributed by atoms with Gasteiger partial charge in [0.25, 0.3) is 0 Å². The molecule has 0 fully saturated rings. The second kappa shape index (κ2) is 7.29. The highest BCUT2D eigenvalue weighted by Gasteiger charge is 2.15. The first-order valence-corrected chi connectivity index (χ1v) is 7.84. The van der Waals surface area contributed by atoms with Gasteiger partial charge in [0.05, 0.1) is 23.9 Å². The molecular weight excluding hydrogens is 326 g/mol. The lowest BCUT2D eigenvalue weighted by Gasteiger charge is -2.14. The van der Waals surface area contributed by atoms with E-state index < -0.39 is 6.10 Å². The predicted molar refractivity (Wildman–Crippen MR) is 93.2 cm³/mol. The SMILES string of the molecule is O=C(CC(O)c1ccccc1)Nc1cc(Cl)ccc1-n1cccn1. The van der Waals surface area contributed by atoms with Crippen molar-refractivity contribution in [2.24, 2.45) is 0 Å². The molecule has 0 saturated carbocycles. The maximum Gasteiger partial charge on any atom is 0.227 e. The monoisotopic (exact) mass is 341 g/mol. The maximum absolute atomic E-state index is 12.3. The van der Waals surface area contributed by atoms with Gasteiger partial charge in [-0.05, 0) is 29.8 Å². The minimum absolute atomic E-state index is 0.0466. The smallest absolute Gasteiger partial charge is 0.227 e. The lowest BCUT2D eigenvalue weighted by atomic mass is 10.1. The molecule has 2 aromatic carbocycles. The minimum atomic E-state index is -0.862. The number of hydrogen-bond acceptors (Lipinski definition) is 3. The average Bonchev–Trinajstić information content (AvgIpc) is 3.10. The normalized spacial score (nSPS) is 11.9. The summed E-state index contributed by atoms with van der Waals surface area (Å²) in [6, 6.07) is 16.0. The van der Waals surface area contributed by atoms with Crippen LogP contribution >= 0.6 is 11.6 Å². The molecule has 24 heavy (non-hydrogen) atoms. The topological polar surface area (TPSA) is 67.2 Å². The van der Waals surface area contributed by atoms with E-state index in [-0.39, 0.29) is 12.3 Å². The van der Waals surface area contributed by atoms with E-state index >= 15 is 0 Å². The van der Waals surface area contributed by atoms with Gasteiger partial charge >= 0.3 is 0 Å². The highest BCUT2D eigenvalue weighted by atomic mass is 35.5. The van der Waals surface area contributed by atoms with E-state index in [1.165, 1.54) is 0 Å². The van der Waals surface area contributed by atoms with Gasteiger partial charge in [-0.3, -0.25) is 4.79 Å². The fraction of sp³-hybridized carbons (Fsp3) is 0.111. The van der Waals surface area contributed by atoms with Crippen LogP contribution in [0.2, 0.25) is 5.02 Å². The third kappa shape index (κ3) is 3.82. The zero-order valence-electron chi connectivity index (χ0n) is 12.8. The molecule has 1 unspecified atom stereocenters. The Hall–Kier alpha value is -2.63. The van der Waals surface area contributed by atoms with Crippen molar-refractivity contribution in [3.05, 3.63) is 77.6 Å². The van der Waals surface area contributed by atoms with Crippen molar-refractivity contribution in [2.45, 2.75) is 12.5 Å². The molecule has 1 atom stereocenters. The fourth-order valence-electron chi connectivity index (χ4n) is 2.39. The molecule has 5 nitrogen and oxygen atoms in total. The van der Waals surface area contributed by atoms with Gasteiger partial charge in [0, 0.05) is 17.4 Å². The number of carbonyl (C=O) groups is 1. The number of nitrogens with one attached hydrogen (secondary N) is 1. The number of halogens is 1. The first-order valence-electron chi connectivity index (χ1n) is 7.46. The van der Waals surface area contributed by atoms with Crippen LogP contribution in [0, 0.1) is 0 Å². The van der Waals surface area contributed by atoms with Crippen molar-refractivity contribution in [3.8, 4) is 5.69 Å². The molecule has 0 aliphatic rings. The quantitative estimate of drug-likeness (QED) is 0.745. The molecule has 0 radical (unpaired) electrons. The zero-order chi connectivity index (χ0) is 16.9. The van der Waals surface area contributed by atoms with E-state index in [1.807, 2.05) is 18.2 Å². The van der Waals surface area contributed by atoms with E-state index in [1.54, 1.807) is 53.5 Å². The minimum Gasteiger partial charge on any atom is -0.388 e. The van der Waals surface area contributed by atoms with Crippen LogP contribution in [0.25, 0.3) is 5.69 Å². The van der Waals surface area contributed by atoms with Gasteiger partial charge in [-0.15, -0.1) is 0 Å². The van der Waals surface area contributed by atoms with Crippen molar-refractivity contribution >= 4 is 23.2 Å². The molecule has 1 amide bonds. The van der Waals surface area contributed by atoms with Crippen LogP contribution < -0.4 is 5.32 Å². The summed E-state index contributed by atoms with van der Waals surface area (Å²) in [5, 5.41) is 17.6. The van der Waals surface area contributed by atoms with E-state index in [4.69, 9.17) is 11.6 Å². The van der Waals surface area contributed by atoms with Crippen molar-refractivity contribution in [1.29, 1.82) is 0 Å². The number of benzene rings is 2. The van der Waals surface area contributed by atoms with Gasteiger partial charge in [-0.2, -0.15) is 5.10 Å². The molecule has 0 bridgehead atoms. The van der Waals surface area contributed by atoms with E-state index in [0.717, 1.165) is 0 Å². The zero-order valence-corrected chi connectivity index (χ0v) is 13.5. The number of anilines is 1. The van der Waals surface area contributed by atoms with Gasteiger partial charge in [0.15, 0.2) is 0 Å². The lowest BCUT2D eigenvalue weighted by molar-refractivity contribution is -0.118. The largest absolute Gasteiger partial charge is 0.388 e. The molecule has 3 aromatic rings. The maximum atomic E-state index is 12.3. The molecule has 0 spiro atoms. The Kier molecular flexibility index (Phi) is 4.93. The number of nitrogens with zero attached hydrogens (tertiary/aromatic N) is 2. The van der Waals surface area contributed by atoms with Crippen molar-refractivity contribution in [2.75, 3.05) is 5.32 Å². The fourth-order valence-corrected chi connectivity index (χ4v) is 2.56. The van der Waals surface area contributed by atoms with Crippen molar-refractivity contribution in [1.82, 2.24) is 9.78 Å². The Morgan fingerprint density at radius 3 is 2.71 bits per heavy atom. The summed E-state index contributed by atoms with van der Waals surface area (Å²) in [4.78, 5) is 12.3. The van der Waals surface area contributed by atoms with Gasteiger partial charge in [-0.25, -0.2) is 4.68 Å². The molecular formula is C18H16ClN3O2. The summed E-state index contributed by atoms with van der Waals surface area (Å²) in [5.41, 5.74) is 1.94. The van der Waals surface area contributed by atoms with Crippen LogP contribution in [0.4, 0.5) is 5.69 Å². The third-order valence-electron chi connectivity index (χ3n) is 3.55. The van der Waals surface area contributed by atoms with Crippen LogP contribution in [-0.4, -0.2) is 20.8 Å². The predicted octanol–water partition coefficient (Wildman–Crippen LogP) is 3.59. The summed E-state index contributed by atoms with van der Waals surface area (Å²) >= 11 is 6.03. The number of aromatic nitrogens is 2. The second-order valence-corrected chi connectivity index (χ2v) is 5.73. The van der Waals surface area contributed by atoms with Crippen molar-refractivity contribution in [3.63, 3.8) is 0 Å². The molecule has 0 aliphatic heterocycles. The Bertz CT molecular complexity index is 820. The second-order valence-electron chi connectivity index (χ2n) is 5.29. The van der Waals surface area contributed by atoms with Crippen LogP contribution in [0.5, 0.6) is 0 Å². The summed E-state index contributed by atoms with van der Waals surface area (Å²) in [7, 11) is 0. The highest BCUT2D eigenvalue weighted by molar-refractivity contribution is 6.31. The molecule has 1 aromatic heterocycles. The van der Waals surface area contributed by atoms with E-state index in [9.17, 15) is 9.90 Å². The lowest BCUT2D eigenvalue weighted by Crippen LogP contribution is -2.17. The molecule has 3 rings (SSSR count). The summed E-state index contributed by atoms with van der Waals surface area (Å²) in [6.07, 6.45) is 2.52. The standard InChI is InChI=1S/C18H16ClN3O2/c19-14-7-8-16(22-10-4-9-20-22)15(11-14)21-18(24)12-17(23)13-5-2-1-3-6-13/h1-11,17,23H,12H2,(H,21,24). The summed E-state index contributed by atoms with van der Waals surface area (Å²) in [5.74, 6) is -0.304.